The number of urea groups is 1. The lowest BCUT2D eigenvalue weighted by molar-refractivity contribution is 0.156. The SMILES string of the molecule is C=CCN1CCN(C(=O)Nc2ccccc2C(C)C)CC1. The van der Waals surface area contributed by atoms with Crippen molar-refractivity contribution in [1.82, 2.24) is 9.80 Å². The number of nitrogens with one attached hydrogen (secondary N) is 1. The lowest BCUT2D eigenvalue weighted by Gasteiger charge is -2.34. The zero-order valence-electron chi connectivity index (χ0n) is 13.0. The van der Waals surface area contributed by atoms with E-state index in [2.05, 4.69) is 36.7 Å². The number of carbonyl (C=O) groups excluding carboxylic acids is 1. The van der Waals surface area contributed by atoms with E-state index in [1.807, 2.05) is 29.2 Å². The van der Waals surface area contributed by atoms with Crippen LogP contribution in [0.3, 0.4) is 0 Å². The van der Waals surface area contributed by atoms with Gasteiger partial charge < -0.3 is 10.2 Å². The van der Waals surface area contributed by atoms with E-state index in [0.29, 0.717) is 5.92 Å². The molecule has 1 aromatic rings. The zero-order chi connectivity index (χ0) is 15.2. The van der Waals surface area contributed by atoms with E-state index in [4.69, 9.17) is 0 Å². The van der Waals surface area contributed by atoms with E-state index in [9.17, 15) is 4.79 Å². The summed E-state index contributed by atoms with van der Waals surface area (Å²) in [7, 11) is 0. The number of para-hydroxylation sites is 1. The Morgan fingerprint density at radius 3 is 2.57 bits per heavy atom. The van der Waals surface area contributed by atoms with Crippen LogP contribution in [-0.4, -0.2) is 48.6 Å². The van der Waals surface area contributed by atoms with E-state index in [-0.39, 0.29) is 6.03 Å². The van der Waals surface area contributed by atoms with Crippen LogP contribution in [0.1, 0.15) is 25.3 Å². The number of piperazine rings is 1. The molecule has 4 heteroatoms. The van der Waals surface area contributed by atoms with E-state index in [1.165, 1.54) is 5.56 Å². The molecule has 0 saturated carbocycles. The van der Waals surface area contributed by atoms with Crippen molar-refractivity contribution in [2.75, 3.05) is 38.0 Å². The Hall–Kier alpha value is -1.81. The van der Waals surface area contributed by atoms with Crippen molar-refractivity contribution < 1.29 is 4.79 Å². The molecule has 4 nitrogen and oxygen atoms in total. The first-order valence-electron chi connectivity index (χ1n) is 7.60. The van der Waals surface area contributed by atoms with Crippen molar-refractivity contribution in [1.29, 1.82) is 0 Å². The molecule has 0 unspecified atom stereocenters. The van der Waals surface area contributed by atoms with Crippen molar-refractivity contribution in [2.24, 2.45) is 0 Å². The maximum absolute atomic E-state index is 12.4. The maximum atomic E-state index is 12.4. The van der Waals surface area contributed by atoms with Crippen molar-refractivity contribution in [3.05, 3.63) is 42.5 Å². The molecule has 2 rings (SSSR count). The molecule has 0 radical (unpaired) electrons. The zero-order valence-corrected chi connectivity index (χ0v) is 13.0. The summed E-state index contributed by atoms with van der Waals surface area (Å²) < 4.78 is 0. The monoisotopic (exact) mass is 287 g/mol. The summed E-state index contributed by atoms with van der Waals surface area (Å²) in [5.74, 6) is 0.394. The molecule has 0 atom stereocenters. The third-order valence-electron chi connectivity index (χ3n) is 3.87. The highest BCUT2D eigenvalue weighted by Gasteiger charge is 2.21. The van der Waals surface area contributed by atoms with Gasteiger partial charge in [0.1, 0.15) is 0 Å². The number of nitrogens with zero attached hydrogens (tertiary/aromatic N) is 2. The van der Waals surface area contributed by atoms with Crippen molar-refractivity contribution in [3.63, 3.8) is 0 Å². The summed E-state index contributed by atoms with van der Waals surface area (Å²) in [6.07, 6.45) is 1.91. The first-order valence-corrected chi connectivity index (χ1v) is 7.60. The molecule has 1 aliphatic heterocycles. The van der Waals surface area contributed by atoms with Gasteiger partial charge in [0.2, 0.25) is 0 Å². The van der Waals surface area contributed by atoms with Crippen LogP contribution in [0.5, 0.6) is 0 Å². The Morgan fingerprint density at radius 2 is 1.95 bits per heavy atom. The summed E-state index contributed by atoms with van der Waals surface area (Å²) in [4.78, 5) is 16.6. The van der Waals surface area contributed by atoms with E-state index in [1.54, 1.807) is 0 Å². The molecule has 2 amide bonds. The first kappa shape index (κ1) is 15.6. The summed E-state index contributed by atoms with van der Waals surface area (Å²) >= 11 is 0. The normalized spacial score (nSPS) is 16.0. The molecule has 1 aromatic carbocycles. The van der Waals surface area contributed by atoms with Gasteiger partial charge in [0.05, 0.1) is 0 Å². The molecule has 1 N–H and O–H groups in total. The largest absolute Gasteiger partial charge is 0.322 e. The summed E-state index contributed by atoms with van der Waals surface area (Å²) in [5.41, 5.74) is 2.10. The number of hydrogen-bond donors (Lipinski definition) is 1. The molecule has 0 aromatic heterocycles. The van der Waals surface area contributed by atoms with Gasteiger partial charge in [-0.1, -0.05) is 38.1 Å². The van der Waals surface area contributed by atoms with Gasteiger partial charge in [0.15, 0.2) is 0 Å². The van der Waals surface area contributed by atoms with Gasteiger partial charge in [-0.2, -0.15) is 0 Å². The Bertz CT molecular complexity index is 491. The highest BCUT2D eigenvalue weighted by Crippen LogP contribution is 2.24. The standard InChI is InChI=1S/C17H25N3O/c1-4-9-19-10-12-20(13-11-19)17(21)18-16-8-6-5-7-15(16)14(2)3/h4-8,14H,1,9-13H2,2-3H3,(H,18,21). The molecule has 0 bridgehead atoms. The van der Waals surface area contributed by atoms with Crippen molar-refractivity contribution in [3.8, 4) is 0 Å². The molecule has 1 fully saturated rings. The third-order valence-corrected chi connectivity index (χ3v) is 3.87. The Labute approximate surface area is 127 Å². The Kier molecular flexibility index (Phi) is 5.39. The van der Waals surface area contributed by atoms with Crippen LogP contribution in [0.4, 0.5) is 10.5 Å². The number of hydrogen-bond acceptors (Lipinski definition) is 2. The van der Waals surface area contributed by atoms with Gasteiger partial charge in [0, 0.05) is 38.4 Å². The van der Waals surface area contributed by atoms with Crippen LogP contribution in [0.2, 0.25) is 0 Å². The van der Waals surface area contributed by atoms with E-state index >= 15 is 0 Å². The van der Waals surface area contributed by atoms with Crippen molar-refractivity contribution in [2.45, 2.75) is 19.8 Å². The number of amides is 2. The maximum Gasteiger partial charge on any atom is 0.321 e. The summed E-state index contributed by atoms with van der Waals surface area (Å²) in [6.45, 7) is 12.3. The van der Waals surface area contributed by atoms with Gasteiger partial charge in [-0.25, -0.2) is 4.79 Å². The second kappa shape index (κ2) is 7.27. The van der Waals surface area contributed by atoms with Crippen molar-refractivity contribution >= 4 is 11.7 Å². The summed E-state index contributed by atoms with van der Waals surface area (Å²) in [6, 6.07) is 8.02. The van der Waals surface area contributed by atoms with Crippen LogP contribution in [0.15, 0.2) is 36.9 Å². The quantitative estimate of drug-likeness (QED) is 0.864. The predicted octanol–water partition coefficient (Wildman–Crippen LogP) is 3.15. The minimum absolute atomic E-state index is 0.00125. The number of benzene rings is 1. The van der Waals surface area contributed by atoms with Gasteiger partial charge >= 0.3 is 6.03 Å². The fourth-order valence-electron chi connectivity index (χ4n) is 2.62. The average Bonchev–Trinajstić information content (AvgIpc) is 2.48. The molecule has 0 aliphatic carbocycles. The third kappa shape index (κ3) is 4.08. The summed E-state index contributed by atoms with van der Waals surface area (Å²) in [5, 5.41) is 3.06. The topological polar surface area (TPSA) is 35.6 Å². The van der Waals surface area contributed by atoms with E-state index in [0.717, 1.165) is 38.4 Å². The molecule has 1 saturated heterocycles. The van der Waals surface area contributed by atoms with Crippen LogP contribution in [0, 0.1) is 0 Å². The van der Waals surface area contributed by atoms with Crippen LogP contribution >= 0.6 is 0 Å². The number of carbonyl (C=O) groups is 1. The lowest BCUT2D eigenvalue weighted by Crippen LogP contribution is -2.49. The molecular formula is C17H25N3O. The predicted molar refractivity (Wildman–Crippen MR) is 87.8 cm³/mol. The Balaban J connectivity index is 1.95. The minimum Gasteiger partial charge on any atom is -0.322 e. The second-order valence-corrected chi connectivity index (χ2v) is 5.75. The Morgan fingerprint density at radius 1 is 1.29 bits per heavy atom. The van der Waals surface area contributed by atoms with Crippen LogP contribution in [0.25, 0.3) is 0 Å². The first-order chi connectivity index (χ1) is 10.1. The van der Waals surface area contributed by atoms with Gasteiger partial charge in [-0.15, -0.1) is 6.58 Å². The fraction of sp³-hybridized carbons (Fsp3) is 0.471. The second-order valence-electron chi connectivity index (χ2n) is 5.75. The van der Waals surface area contributed by atoms with E-state index < -0.39 is 0 Å². The van der Waals surface area contributed by atoms with Gasteiger partial charge in [0.25, 0.3) is 0 Å². The molecule has 114 valence electrons. The average molecular weight is 287 g/mol. The van der Waals surface area contributed by atoms with Crippen LogP contribution in [-0.2, 0) is 0 Å². The molecule has 1 aliphatic rings. The number of anilines is 1. The number of rotatable bonds is 4. The van der Waals surface area contributed by atoms with Gasteiger partial charge in [-0.05, 0) is 17.5 Å². The molecule has 1 heterocycles. The molecule has 0 spiro atoms. The fourth-order valence-corrected chi connectivity index (χ4v) is 2.62. The minimum atomic E-state index is 0.00125. The molecule has 21 heavy (non-hydrogen) atoms. The molecular weight excluding hydrogens is 262 g/mol. The highest BCUT2D eigenvalue weighted by atomic mass is 16.2. The smallest absolute Gasteiger partial charge is 0.321 e. The van der Waals surface area contributed by atoms with Gasteiger partial charge in [-0.3, -0.25) is 4.90 Å². The lowest BCUT2D eigenvalue weighted by atomic mass is 10.0. The highest BCUT2D eigenvalue weighted by molar-refractivity contribution is 5.90. The van der Waals surface area contributed by atoms with Crippen LogP contribution < -0.4 is 5.32 Å².